The number of ether oxygens (including phenoxy) is 1. The number of hydrogen-bond donors (Lipinski definition) is 3. The minimum Gasteiger partial charge on any atom is -0.383 e. The molecule has 3 aromatic rings. The lowest BCUT2D eigenvalue weighted by Crippen LogP contribution is -2.37. The molecule has 4 N–H and O–H groups in total. The Balaban J connectivity index is 1.35. The second kappa shape index (κ2) is 11.5. The number of nitrogens with zero attached hydrogens (tertiary/aromatic N) is 3. The number of benzene rings is 1. The van der Waals surface area contributed by atoms with Crippen molar-refractivity contribution in [2.45, 2.75) is 19.4 Å². The van der Waals surface area contributed by atoms with Crippen LogP contribution < -0.4 is 16.4 Å². The molecule has 34 heavy (non-hydrogen) atoms. The third-order valence-electron chi connectivity index (χ3n) is 6.29. The zero-order valence-corrected chi connectivity index (χ0v) is 20.1. The molecule has 1 aromatic carbocycles. The van der Waals surface area contributed by atoms with E-state index in [1.807, 2.05) is 24.3 Å². The predicted octanol–water partition coefficient (Wildman–Crippen LogP) is 3.57. The lowest BCUT2D eigenvalue weighted by molar-refractivity contribution is 0.0951. The molecule has 3 heterocycles. The van der Waals surface area contributed by atoms with Crippen LogP contribution in [-0.4, -0.2) is 60.7 Å². The number of nitrogens with two attached hydrogens (primary N) is 1. The van der Waals surface area contributed by atoms with Gasteiger partial charge in [-0.25, -0.2) is 9.97 Å². The molecule has 4 rings (SSSR count). The Kier molecular flexibility index (Phi) is 8.16. The zero-order valence-electron chi connectivity index (χ0n) is 19.4. The number of likely N-dealkylation sites (tertiary alicyclic amines) is 1. The Hall–Kier alpha value is -2.94. The first-order chi connectivity index (χ1) is 16.5. The maximum Gasteiger partial charge on any atom is 0.255 e. The van der Waals surface area contributed by atoms with E-state index < -0.39 is 0 Å². The number of nitrogen functional groups attached to an aromatic ring is 1. The number of rotatable bonds is 9. The standard InChI is InChI=1S/C25H31ClN6O2/c1-34-11-10-32-8-5-17(6-9-32)14-29-24-22(13-20(26)16-30-24)25(33)31-15-18-2-3-21-19(12-18)4-7-28-23(21)27/h2-4,7,12-13,16-17H,5-6,8-11,14-15H2,1H3,(H2,27,28)(H,29,30)(H,31,33). The number of carbonyl (C=O) groups excluding carboxylic acids is 1. The van der Waals surface area contributed by atoms with Crippen LogP contribution in [0.2, 0.25) is 5.02 Å². The number of amides is 1. The monoisotopic (exact) mass is 482 g/mol. The van der Waals surface area contributed by atoms with Gasteiger partial charge in [0.15, 0.2) is 0 Å². The lowest BCUT2D eigenvalue weighted by atomic mass is 9.97. The van der Waals surface area contributed by atoms with E-state index in [4.69, 9.17) is 22.1 Å². The van der Waals surface area contributed by atoms with Crippen molar-refractivity contribution in [1.82, 2.24) is 20.2 Å². The van der Waals surface area contributed by atoms with E-state index in [9.17, 15) is 4.79 Å². The zero-order chi connectivity index (χ0) is 23.9. The number of anilines is 2. The number of methoxy groups -OCH3 is 1. The van der Waals surface area contributed by atoms with Crippen molar-refractivity contribution in [3.05, 3.63) is 58.9 Å². The van der Waals surface area contributed by atoms with Gasteiger partial charge < -0.3 is 26.0 Å². The van der Waals surface area contributed by atoms with Crippen LogP contribution >= 0.6 is 11.6 Å². The van der Waals surface area contributed by atoms with Crippen LogP contribution in [0.3, 0.4) is 0 Å². The summed E-state index contributed by atoms with van der Waals surface area (Å²) < 4.78 is 5.18. The van der Waals surface area contributed by atoms with Crippen molar-refractivity contribution in [2.75, 3.05) is 50.9 Å². The third-order valence-corrected chi connectivity index (χ3v) is 6.50. The van der Waals surface area contributed by atoms with Crippen LogP contribution in [0.1, 0.15) is 28.8 Å². The fraction of sp³-hybridized carbons (Fsp3) is 0.400. The number of carbonyl (C=O) groups is 1. The number of fused-ring (bicyclic) bond motifs is 1. The molecule has 180 valence electrons. The SMILES string of the molecule is COCCN1CCC(CNc2ncc(Cl)cc2C(=O)NCc2ccc3c(N)nccc3c2)CC1. The highest BCUT2D eigenvalue weighted by Crippen LogP contribution is 2.22. The Labute approximate surface area is 204 Å². The molecule has 0 spiro atoms. The van der Waals surface area contributed by atoms with E-state index in [-0.39, 0.29) is 5.91 Å². The molecule has 0 aliphatic carbocycles. The summed E-state index contributed by atoms with van der Waals surface area (Å²) in [5.74, 6) is 1.36. The van der Waals surface area contributed by atoms with E-state index in [0.717, 1.165) is 62.0 Å². The summed E-state index contributed by atoms with van der Waals surface area (Å²) in [7, 11) is 1.74. The molecule has 9 heteroatoms. The second-order valence-corrected chi connectivity index (χ2v) is 9.08. The number of nitrogens with one attached hydrogen (secondary N) is 2. The largest absolute Gasteiger partial charge is 0.383 e. The number of pyridine rings is 2. The summed E-state index contributed by atoms with van der Waals surface area (Å²) in [6.07, 6.45) is 5.45. The van der Waals surface area contributed by atoms with E-state index >= 15 is 0 Å². The van der Waals surface area contributed by atoms with Crippen molar-refractivity contribution in [2.24, 2.45) is 5.92 Å². The topological polar surface area (TPSA) is 105 Å². The fourth-order valence-corrected chi connectivity index (χ4v) is 4.42. The smallest absolute Gasteiger partial charge is 0.255 e. The van der Waals surface area contributed by atoms with E-state index in [1.165, 1.54) is 0 Å². The fourth-order valence-electron chi connectivity index (χ4n) is 4.27. The molecular formula is C25H31ClN6O2. The molecule has 0 atom stereocenters. The first-order valence-electron chi connectivity index (χ1n) is 11.6. The minimum atomic E-state index is -0.221. The summed E-state index contributed by atoms with van der Waals surface area (Å²) in [4.78, 5) is 23.9. The highest BCUT2D eigenvalue weighted by molar-refractivity contribution is 6.31. The first-order valence-corrected chi connectivity index (χ1v) is 11.9. The molecule has 0 bridgehead atoms. The molecule has 0 radical (unpaired) electrons. The second-order valence-electron chi connectivity index (χ2n) is 8.64. The van der Waals surface area contributed by atoms with Gasteiger partial charge in [0, 0.05) is 44.5 Å². The van der Waals surface area contributed by atoms with Crippen molar-refractivity contribution < 1.29 is 9.53 Å². The van der Waals surface area contributed by atoms with Gasteiger partial charge in [0.1, 0.15) is 11.6 Å². The summed E-state index contributed by atoms with van der Waals surface area (Å²) in [6, 6.07) is 9.43. The van der Waals surface area contributed by atoms with E-state index in [2.05, 4.69) is 25.5 Å². The van der Waals surface area contributed by atoms with Crippen molar-refractivity contribution in [3.63, 3.8) is 0 Å². The van der Waals surface area contributed by atoms with Crippen LogP contribution in [0, 0.1) is 5.92 Å². The molecule has 0 saturated carbocycles. The summed E-state index contributed by atoms with van der Waals surface area (Å²) in [5.41, 5.74) is 7.34. The summed E-state index contributed by atoms with van der Waals surface area (Å²) >= 11 is 6.16. The van der Waals surface area contributed by atoms with Crippen molar-refractivity contribution >= 4 is 39.9 Å². The van der Waals surface area contributed by atoms with Crippen LogP contribution in [0.4, 0.5) is 11.6 Å². The summed E-state index contributed by atoms with van der Waals surface area (Å²) in [5, 5.41) is 8.67. The first kappa shape index (κ1) is 24.2. The van der Waals surface area contributed by atoms with Gasteiger partial charge in [0.25, 0.3) is 5.91 Å². The number of piperidine rings is 1. The molecule has 1 amide bonds. The van der Waals surface area contributed by atoms with Crippen LogP contribution in [0.5, 0.6) is 0 Å². The minimum absolute atomic E-state index is 0.221. The molecule has 1 saturated heterocycles. The van der Waals surface area contributed by atoms with Gasteiger partial charge >= 0.3 is 0 Å². The summed E-state index contributed by atoms with van der Waals surface area (Å²) in [6.45, 7) is 5.01. The molecule has 2 aromatic heterocycles. The quantitative estimate of drug-likeness (QED) is 0.428. The Morgan fingerprint density at radius 1 is 1.24 bits per heavy atom. The Bertz CT molecular complexity index is 1130. The molecular weight excluding hydrogens is 452 g/mol. The van der Waals surface area contributed by atoms with Crippen LogP contribution in [0.15, 0.2) is 42.7 Å². The van der Waals surface area contributed by atoms with Gasteiger partial charge in [-0.15, -0.1) is 0 Å². The third kappa shape index (κ3) is 6.14. The normalized spacial score (nSPS) is 14.9. The highest BCUT2D eigenvalue weighted by Gasteiger charge is 2.20. The van der Waals surface area contributed by atoms with Crippen LogP contribution in [0.25, 0.3) is 10.8 Å². The maximum atomic E-state index is 13.0. The van der Waals surface area contributed by atoms with Gasteiger partial charge in [-0.1, -0.05) is 23.7 Å². The van der Waals surface area contributed by atoms with E-state index in [1.54, 1.807) is 25.6 Å². The van der Waals surface area contributed by atoms with Gasteiger partial charge in [-0.3, -0.25) is 4.79 Å². The number of aromatic nitrogens is 2. The van der Waals surface area contributed by atoms with Gasteiger partial charge in [0.2, 0.25) is 0 Å². The average molecular weight is 483 g/mol. The highest BCUT2D eigenvalue weighted by atomic mass is 35.5. The Morgan fingerprint density at radius 3 is 2.85 bits per heavy atom. The molecule has 0 unspecified atom stereocenters. The van der Waals surface area contributed by atoms with Gasteiger partial charge in [-0.05, 0) is 61.0 Å². The maximum absolute atomic E-state index is 13.0. The van der Waals surface area contributed by atoms with E-state index in [0.29, 0.717) is 34.7 Å². The molecule has 8 nitrogen and oxygen atoms in total. The molecule has 1 fully saturated rings. The van der Waals surface area contributed by atoms with Crippen molar-refractivity contribution in [3.8, 4) is 0 Å². The predicted molar refractivity (Wildman–Crippen MR) is 136 cm³/mol. The number of hydrogen-bond acceptors (Lipinski definition) is 7. The average Bonchev–Trinajstić information content (AvgIpc) is 2.86. The van der Waals surface area contributed by atoms with Crippen LogP contribution in [-0.2, 0) is 11.3 Å². The number of halogens is 1. The molecule has 1 aliphatic heterocycles. The van der Waals surface area contributed by atoms with Gasteiger partial charge in [-0.2, -0.15) is 0 Å². The van der Waals surface area contributed by atoms with Gasteiger partial charge in [0.05, 0.1) is 17.2 Å². The molecule has 1 aliphatic rings. The lowest BCUT2D eigenvalue weighted by Gasteiger charge is -2.31. The Morgan fingerprint density at radius 2 is 2.06 bits per heavy atom. The van der Waals surface area contributed by atoms with Crippen molar-refractivity contribution in [1.29, 1.82) is 0 Å².